The van der Waals surface area contributed by atoms with Gasteiger partial charge in [0.05, 0.1) is 13.2 Å². The Bertz CT molecular complexity index is 947. The molecule has 2 aromatic carbocycles. The number of benzene rings is 2. The minimum Gasteiger partial charge on any atom is -0.506 e. The zero-order valence-electron chi connectivity index (χ0n) is 14.7. The predicted octanol–water partition coefficient (Wildman–Crippen LogP) is 2.90. The summed E-state index contributed by atoms with van der Waals surface area (Å²) in [6, 6.07) is 12.2. The van der Waals surface area contributed by atoms with Crippen molar-refractivity contribution in [2.45, 2.75) is 13.3 Å². The number of rotatable bonds is 7. The monoisotopic (exact) mass is 369 g/mol. The van der Waals surface area contributed by atoms with E-state index in [0.29, 0.717) is 24.5 Å². The van der Waals surface area contributed by atoms with E-state index >= 15 is 0 Å². The Kier molecular flexibility index (Phi) is 5.55. The number of carbonyl (C=O) groups excluding carboxylic acids is 1. The van der Waals surface area contributed by atoms with Gasteiger partial charge in [0.25, 0.3) is 0 Å². The van der Waals surface area contributed by atoms with Gasteiger partial charge in [-0.05, 0) is 37.3 Å². The second-order valence-electron chi connectivity index (χ2n) is 5.64. The molecule has 8 nitrogen and oxygen atoms in total. The summed E-state index contributed by atoms with van der Waals surface area (Å²) >= 11 is 0. The Labute approximate surface area is 155 Å². The van der Waals surface area contributed by atoms with Crippen LogP contribution in [0, 0.1) is 0 Å². The average Bonchev–Trinajstić information content (AvgIpc) is 3.12. The molecular formula is C19H19N3O5. The number of phenolic OH excluding ortho intramolecular Hbond substituents is 1. The SMILES string of the molecule is CC=C(O)C(=O)OCCCOc1ccc(O)c(-n2nc3ccccc3n2)c1. The van der Waals surface area contributed by atoms with Crippen molar-refractivity contribution in [2.24, 2.45) is 0 Å². The number of carbonyl (C=O) groups is 1. The quantitative estimate of drug-likeness (QED) is 0.285. The molecule has 3 rings (SSSR count). The molecule has 0 radical (unpaired) electrons. The molecular weight excluding hydrogens is 350 g/mol. The van der Waals surface area contributed by atoms with E-state index in [4.69, 9.17) is 9.47 Å². The number of nitrogens with zero attached hydrogens (tertiary/aromatic N) is 3. The number of aliphatic hydroxyl groups is 1. The lowest BCUT2D eigenvalue weighted by molar-refractivity contribution is -0.142. The molecule has 1 heterocycles. The van der Waals surface area contributed by atoms with Crippen LogP contribution in [0.2, 0.25) is 0 Å². The molecule has 0 aliphatic rings. The zero-order chi connectivity index (χ0) is 19.2. The summed E-state index contributed by atoms with van der Waals surface area (Å²) < 4.78 is 10.5. The molecule has 0 aliphatic carbocycles. The molecule has 27 heavy (non-hydrogen) atoms. The third-order valence-electron chi connectivity index (χ3n) is 3.72. The fourth-order valence-corrected chi connectivity index (χ4v) is 2.33. The first-order valence-electron chi connectivity index (χ1n) is 8.39. The van der Waals surface area contributed by atoms with E-state index in [2.05, 4.69) is 10.2 Å². The Balaban J connectivity index is 1.61. The van der Waals surface area contributed by atoms with Gasteiger partial charge in [-0.3, -0.25) is 0 Å². The van der Waals surface area contributed by atoms with Gasteiger partial charge in [-0.1, -0.05) is 12.1 Å². The molecule has 2 N–H and O–H groups in total. The maximum absolute atomic E-state index is 11.3. The number of allylic oxidation sites excluding steroid dienone is 1. The van der Waals surface area contributed by atoms with Gasteiger partial charge in [-0.15, -0.1) is 15.0 Å². The lowest BCUT2D eigenvalue weighted by Gasteiger charge is -2.09. The van der Waals surface area contributed by atoms with Gasteiger partial charge in [0.2, 0.25) is 0 Å². The van der Waals surface area contributed by atoms with Gasteiger partial charge in [-0.25, -0.2) is 4.79 Å². The highest BCUT2D eigenvalue weighted by Gasteiger charge is 2.11. The van der Waals surface area contributed by atoms with Crippen molar-refractivity contribution in [3.05, 3.63) is 54.3 Å². The van der Waals surface area contributed by atoms with E-state index < -0.39 is 11.7 Å². The van der Waals surface area contributed by atoms with Crippen LogP contribution in [0.25, 0.3) is 16.7 Å². The van der Waals surface area contributed by atoms with Crippen LogP contribution in [0.1, 0.15) is 13.3 Å². The Morgan fingerprint density at radius 2 is 1.85 bits per heavy atom. The van der Waals surface area contributed by atoms with Gasteiger partial charge in [0.1, 0.15) is 28.2 Å². The largest absolute Gasteiger partial charge is 0.506 e. The average molecular weight is 369 g/mol. The number of phenols is 1. The maximum Gasteiger partial charge on any atom is 0.373 e. The van der Waals surface area contributed by atoms with Crippen LogP contribution in [0.3, 0.4) is 0 Å². The Morgan fingerprint density at radius 3 is 2.52 bits per heavy atom. The van der Waals surface area contributed by atoms with Crippen LogP contribution in [0.5, 0.6) is 11.5 Å². The normalized spacial score (nSPS) is 11.5. The Hall–Kier alpha value is -3.55. The van der Waals surface area contributed by atoms with Gasteiger partial charge in [0.15, 0.2) is 5.76 Å². The second-order valence-corrected chi connectivity index (χ2v) is 5.64. The standard InChI is InChI=1S/C19H19N3O5/c1-2-17(23)19(25)27-11-5-10-26-13-8-9-18(24)16(12-13)22-20-14-6-3-4-7-15(14)21-22/h2-4,6-9,12,23-24H,5,10-11H2,1H3. The van der Waals surface area contributed by atoms with Crippen LogP contribution >= 0.6 is 0 Å². The molecule has 8 heteroatoms. The van der Waals surface area contributed by atoms with E-state index in [1.807, 2.05) is 24.3 Å². The minimum absolute atomic E-state index is 0.0263. The van der Waals surface area contributed by atoms with E-state index in [9.17, 15) is 15.0 Å². The van der Waals surface area contributed by atoms with Gasteiger partial charge in [-0.2, -0.15) is 0 Å². The van der Waals surface area contributed by atoms with Crippen molar-refractivity contribution in [2.75, 3.05) is 13.2 Å². The van der Waals surface area contributed by atoms with E-state index in [0.717, 1.165) is 11.0 Å². The summed E-state index contributed by atoms with van der Waals surface area (Å²) in [6.07, 6.45) is 1.71. The van der Waals surface area contributed by atoms with Crippen molar-refractivity contribution >= 4 is 17.0 Å². The molecule has 1 aromatic heterocycles. The predicted molar refractivity (Wildman–Crippen MR) is 98.0 cm³/mol. The number of fused-ring (bicyclic) bond motifs is 1. The first-order chi connectivity index (χ1) is 13.1. The third kappa shape index (κ3) is 4.35. The number of hydrogen-bond donors (Lipinski definition) is 2. The molecule has 0 fully saturated rings. The molecule has 3 aromatic rings. The van der Waals surface area contributed by atoms with E-state index in [1.165, 1.54) is 16.9 Å². The fraction of sp³-hybridized carbons (Fsp3) is 0.211. The summed E-state index contributed by atoms with van der Waals surface area (Å²) in [6.45, 7) is 1.95. The Morgan fingerprint density at radius 1 is 1.15 bits per heavy atom. The van der Waals surface area contributed by atoms with E-state index in [1.54, 1.807) is 19.1 Å². The lowest BCUT2D eigenvalue weighted by Crippen LogP contribution is -2.11. The number of aromatic hydroxyl groups is 1. The number of aliphatic hydroxyl groups excluding tert-OH is 1. The lowest BCUT2D eigenvalue weighted by atomic mass is 10.3. The molecule has 0 saturated heterocycles. The molecule has 0 unspecified atom stereocenters. The van der Waals surface area contributed by atoms with Crippen LogP contribution < -0.4 is 4.74 Å². The van der Waals surface area contributed by atoms with Crippen molar-refractivity contribution < 1.29 is 24.5 Å². The summed E-state index contributed by atoms with van der Waals surface area (Å²) in [5.74, 6) is -0.635. The van der Waals surface area contributed by atoms with Crippen LogP contribution in [0.4, 0.5) is 0 Å². The molecule has 140 valence electrons. The molecule has 0 aliphatic heterocycles. The van der Waals surface area contributed by atoms with Gasteiger partial charge >= 0.3 is 5.97 Å². The van der Waals surface area contributed by atoms with Crippen molar-refractivity contribution in [3.63, 3.8) is 0 Å². The first-order valence-corrected chi connectivity index (χ1v) is 8.39. The van der Waals surface area contributed by atoms with Crippen LogP contribution in [-0.2, 0) is 9.53 Å². The topological polar surface area (TPSA) is 107 Å². The maximum atomic E-state index is 11.3. The molecule has 0 amide bonds. The molecule has 0 saturated carbocycles. The molecule has 0 spiro atoms. The van der Waals surface area contributed by atoms with Crippen molar-refractivity contribution in [1.29, 1.82) is 0 Å². The summed E-state index contributed by atoms with van der Waals surface area (Å²) in [4.78, 5) is 12.7. The summed E-state index contributed by atoms with van der Waals surface area (Å²) in [5.41, 5.74) is 1.83. The minimum atomic E-state index is -0.763. The van der Waals surface area contributed by atoms with Crippen molar-refractivity contribution in [3.8, 4) is 17.2 Å². The highest BCUT2D eigenvalue weighted by atomic mass is 16.5. The smallest absolute Gasteiger partial charge is 0.373 e. The third-order valence-corrected chi connectivity index (χ3v) is 3.72. The number of aromatic nitrogens is 3. The number of hydrogen-bond acceptors (Lipinski definition) is 7. The number of esters is 1. The van der Waals surface area contributed by atoms with Gasteiger partial charge in [0, 0.05) is 12.5 Å². The van der Waals surface area contributed by atoms with Crippen LogP contribution in [0.15, 0.2) is 54.3 Å². The van der Waals surface area contributed by atoms with E-state index in [-0.39, 0.29) is 12.4 Å². The zero-order valence-corrected chi connectivity index (χ0v) is 14.7. The highest BCUT2D eigenvalue weighted by molar-refractivity contribution is 5.85. The summed E-state index contributed by atoms with van der Waals surface area (Å²) in [7, 11) is 0. The summed E-state index contributed by atoms with van der Waals surface area (Å²) in [5, 5.41) is 28.0. The second kappa shape index (κ2) is 8.22. The van der Waals surface area contributed by atoms with Gasteiger partial charge < -0.3 is 19.7 Å². The molecule has 0 atom stereocenters. The number of ether oxygens (including phenoxy) is 2. The van der Waals surface area contributed by atoms with Crippen molar-refractivity contribution in [1.82, 2.24) is 15.0 Å². The fourth-order valence-electron chi connectivity index (χ4n) is 2.33. The highest BCUT2D eigenvalue weighted by Crippen LogP contribution is 2.26. The molecule has 0 bridgehead atoms. The van der Waals surface area contributed by atoms with Crippen LogP contribution in [-0.4, -0.2) is 44.4 Å². The first kappa shape index (κ1) is 18.2.